The molecule has 2 atom stereocenters. The number of pyridine rings is 1. The van der Waals surface area contributed by atoms with E-state index in [0.717, 1.165) is 35.4 Å². The van der Waals surface area contributed by atoms with Crippen molar-refractivity contribution in [2.24, 2.45) is 0 Å². The van der Waals surface area contributed by atoms with Gasteiger partial charge in [0, 0.05) is 43.2 Å². The average molecular weight is 361 g/mol. The lowest BCUT2D eigenvalue weighted by Crippen LogP contribution is -2.38. The van der Waals surface area contributed by atoms with E-state index in [0.29, 0.717) is 0 Å². The molecule has 2 heterocycles. The molecular formula is C22H23N3O2. The van der Waals surface area contributed by atoms with Gasteiger partial charge in [0.05, 0.1) is 18.7 Å². The van der Waals surface area contributed by atoms with Gasteiger partial charge in [0.1, 0.15) is 5.75 Å². The van der Waals surface area contributed by atoms with Gasteiger partial charge in [0.2, 0.25) is 5.91 Å². The Morgan fingerprint density at radius 2 is 1.89 bits per heavy atom. The molecule has 1 N–H and O–H groups in total. The van der Waals surface area contributed by atoms with Gasteiger partial charge in [0.25, 0.3) is 0 Å². The molecule has 0 spiro atoms. The number of hydrogen-bond donors (Lipinski definition) is 1. The summed E-state index contributed by atoms with van der Waals surface area (Å²) in [4.78, 5) is 18.6. The van der Waals surface area contributed by atoms with Crippen molar-refractivity contribution in [3.05, 3.63) is 66.4 Å². The summed E-state index contributed by atoms with van der Waals surface area (Å²) in [5, 5.41) is 4.28. The van der Waals surface area contributed by atoms with Crippen LogP contribution in [0.4, 0.5) is 5.69 Å². The fraction of sp³-hybridized carbons (Fsp3) is 0.273. The number of benzene rings is 2. The summed E-state index contributed by atoms with van der Waals surface area (Å²) in [7, 11) is 1.67. The third kappa shape index (κ3) is 3.45. The molecule has 1 aliphatic rings. The zero-order valence-corrected chi connectivity index (χ0v) is 15.6. The van der Waals surface area contributed by atoms with E-state index in [1.165, 1.54) is 5.56 Å². The molecule has 2 unspecified atom stereocenters. The Balaban J connectivity index is 1.68. The topological polar surface area (TPSA) is 54.5 Å². The summed E-state index contributed by atoms with van der Waals surface area (Å²) in [6.07, 6.45) is 1.85. The quantitative estimate of drug-likeness (QED) is 0.774. The van der Waals surface area contributed by atoms with E-state index in [4.69, 9.17) is 4.74 Å². The molecule has 1 aromatic heterocycles. The van der Waals surface area contributed by atoms with Crippen LogP contribution in [0.25, 0.3) is 10.9 Å². The van der Waals surface area contributed by atoms with E-state index in [2.05, 4.69) is 39.5 Å². The maximum atomic E-state index is 11.8. The lowest BCUT2D eigenvalue weighted by atomic mass is 9.94. The van der Waals surface area contributed by atoms with Crippen molar-refractivity contribution >= 4 is 22.5 Å². The van der Waals surface area contributed by atoms with Crippen LogP contribution in [0.15, 0.2) is 60.8 Å². The number of methoxy groups -OCH3 is 1. The van der Waals surface area contributed by atoms with Crippen LogP contribution in [0.1, 0.15) is 18.4 Å². The summed E-state index contributed by atoms with van der Waals surface area (Å²) < 4.78 is 5.27. The molecule has 1 saturated heterocycles. The molecule has 0 radical (unpaired) electrons. The van der Waals surface area contributed by atoms with Crippen molar-refractivity contribution < 1.29 is 9.53 Å². The third-order valence-electron chi connectivity index (χ3n) is 5.22. The van der Waals surface area contributed by atoms with E-state index in [9.17, 15) is 4.79 Å². The molecule has 2 aromatic carbocycles. The number of carbonyl (C=O) groups excluding carboxylic acids is 1. The Morgan fingerprint density at radius 1 is 1.11 bits per heavy atom. The predicted octanol–water partition coefficient (Wildman–Crippen LogP) is 3.35. The number of aromatic nitrogens is 1. The number of amides is 1. The second-order valence-electron chi connectivity index (χ2n) is 6.94. The minimum atomic E-state index is -0.0000481. The molecule has 0 bridgehead atoms. The van der Waals surface area contributed by atoms with Gasteiger partial charge in [-0.2, -0.15) is 0 Å². The number of nitrogens with one attached hydrogen (secondary N) is 1. The first-order chi connectivity index (χ1) is 13.2. The number of anilines is 1. The molecule has 3 aromatic rings. The number of fused-ring (bicyclic) bond motifs is 1. The van der Waals surface area contributed by atoms with Gasteiger partial charge < -0.3 is 15.0 Å². The van der Waals surface area contributed by atoms with Gasteiger partial charge in [0.15, 0.2) is 0 Å². The molecule has 1 aliphatic heterocycles. The molecule has 27 heavy (non-hydrogen) atoms. The zero-order chi connectivity index (χ0) is 18.8. The number of ether oxygens (including phenoxy) is 1. The molecule has 4 rings (SSSR count). The highest BCUT2D eigenvalue weighted by Crippen LogP contribution is 2.34. The number of nitrogens with zero attached hydrogens (tertiary/aromatic N) is 2. The standard InChI is InChI=1S/C22H23N3O2/c1-15(26)24-21-14-25(13-19(21)16-7-9-17(27-2)10-8-16)22-11-12-23-20-6-4-3-5-18(20)22/h3-12,19,21H,13-14H2,1-2H3,(H,24,26). The van der Waals surface area contributed by atoms with Crippen molar-refractivity contribution in [3.8, 4) is 5.75 Å². The van der Waals surface area contributed by atoms with Crippen molar-refractivity contribution in [3.63, 3.8) is 0 Å². The molecule has 0 aliphatic carbocycles. The smallest absolute Gasteiger partial charge is 0.217 e. The van der Waals surface area contributed by atoms with Crippen LogP contribution in [0, 0.1) is 0 Å². The largest absolute Gasteiger partial charge is 0.497 e. The van der Waals surface area contributed by atoms with Crippen molar-refractivity contribution in [2.45, 2.75) is 18.9 Å². The predicted molar refractivity (Wildman–Crippen MR) is 107 cm³/mol. The monoisotopic (exact) mass is 361 g/mol. The normalized spacial score (nSPS) is 19.3. The highest BCUT2D eigenvalue weighted by atomic mass is 16.5. The molecule has 0 saturated carbocycles. The number of rotatable bonds is 4. The summed E-state index contributed by atoms with van der Waals surface area (Å²) in [6, 6.07) is 18.4. The molecular weight excluding hydrogens is 338 g/mol. The highest BCUT2D eigenvalue weighted by molar-refractivity contribution is 5.91. The van der Waals surface area contributed by atoms with Crippen molar-refractivity contribution in [1.82, 2.24) is 10.3 Å². The fourth-order valence-electron chi connectivity index (χ4n) is 3.95. The van der Waals surface area contributed by atoms with Crippen LogP contribution in [0.3, 0.4) is 0 Å². The summed E-state index contributed by atoms with van der Waals surface area (Å²) >= 11 is 0. The van der Waals surface area contributed by atoms with E-state index in [1.54, 1.807) is 14.0 Å². The minimum Gasteiger partial charge on any atom is -0.497 e. The highest BCUT2D eigenvalue weighted by Gasteiger charge is 2.35. The van der Waals surface area contributed by atoms with Crippen LogP contribution in [0.5, 0.6) is 5.75 Å². The maximum absolute atomic E-state index is 11.8. The molecule has 1 fully saturated rings. The molecule has 138 valence electrons. The zero-order valence-electron chi connectivity index (χ0n) is 15.6. The van der Waals surface area contributed by atoms with E-state index < -0.39 is 0 Å². The number of carbonyl (C=O) groups is 1. The number of para-hydroxylation sites is 1. The van der Waals surface area contributed by atoms with Gasteiger partial charge >= 0.3 is 0 Å². The number of hydrogen-bond acceptors (Lipinski definition) is 4. The fourth-order valence-corrected chi connectivity index (χ4v) is 3.95. The maximum Gasteiger partial charge on any atom is 0.217 e. The van der Waals surface area contributed by atoms with E-state index in [1.807, 2.05) is 36.5 Å². The van der Waals surface area contributed by atoms with Crippen LogP contribution in [-0.2, 0) is 4.79 Å². The van der Waals surface area contributed by atoms with Crippen LogP contribution in [-0.4, -0.2) is 37.1 Å². The van der Waals surface area contributed by atoms with Gasteiger partial charge in [-0.3, -0.25) is 9.78 Å². The van der Waals surface area contributed by atoms with Gasteiger partial charge in [-0.15, -0.1) is 0 Å². The Morgan fingerprint density at radius 3 is 2.63 bits per heavy atom. The van der Waals surface area contributed by atoms with Crippen LogP contribution >= 0.6 is 0 Å². The second kappa shape index (κ2) is 7.27. The third-order valence-corrected chi connectivity index (χ3v) is 5.22. The SMILES string of the molecule is COc1ccc(C2CN(c3ccnc4ccccc34)CC2NC(C)=O)cc1. The van der Waals surface area contributed by atoms with Gasteiger partial charge in [-0.1, -0.05) is 30.3 Å². The summed E-state index contributed by atoms with van der Waals surface area (Å²) in [6.45, 7) is 3.19. The first-order valence-corrected chi connectivity index (χ1v) is 9.15. The summed E-state index contributed by atoms with van der Waals surface area (Å²) in [5.41, 5.74) is 3.35. The second-order valence-corrected chi connectivity index (χ2v) is 6.94. The Labute approximate surface area is 159 Å². The minimum absolute atomic E-state index is 0.0000481. The first kappa shape index (κ1) is 17.3. The lowest BCUT2D eigenvalue weighted by Gasteiger charge is -2.20. The molecule has 5 nitrogen and oxygen atoms in total. The molecule has 5 heteroatoms. The van der Waals surface area contributed by atoms with Crippen LogP contribution in [0.2, 0.25) is 0 Å². The Kier molecular flexibility index (Phi) is 4.67. The van der Waals surface area contributed by atoms with Crippen molar-refractivity contribution in [2.75, 3.05) is 25.1 Å². The Hall–Kier alpha value is -3.08. The Bertz CT molecular complexity index is 950. The van der Waals surface area contributed by atoms with Crippen LogP contribution < -0.4 is 15.0 Å². The first-order valence-electron chi connectivity index (χ1n) is 9.15. The van der Waals surface area contributed by atoms with Gasteiger partial charge in [-0.05, 0) is 29.8 Å². The average Bonchev–Trinajstić information content (AvgIpc) is 3.10. The van der Waals surface area contributed by atoms with E-state index >= 15 is 0 Å². The lowest BCUT2D eigenvalue weighted by molar-refractivity contribution is -0.119. The van der Waals surface area contributed by atoms with Crippen molar-refractivity contribution in [1.29, 1.82) is 0 Å². The molecule has 1 amide bonds. The summed E-state index contributed by atoms with van der Waals surface area (Å²) in [5.74, 6) is 1.05. The van der Waals surface area contributed by atoms with E-state index in [-0.39, 0.29) is 17.9 Å². The van der Waals surface area contributed by atoms with Gasteiger partial charge in [-0.25, -0.2) is 0 Å².